The number of carbonyl (C=O) groups is 6. The first-order chi connectivity index (χ1) is 50.3. The first-order valence-electron chi connectivity index (χ1n) is 34.3. The van der Waals surface area contributed by atoms with Gasteiger partial charge in [0.2, 0.25) is 0 Å². The predicted molar refractivity (Wildman–Crippen MR) is 357 cm³/mol. The summed E-state index contributed by atoms with van der Waals surface area (Å²) < 4.78 is 129. The fourth-order valence-electron chi connectivity index (χ4n) is 13.1. The van der Waals surface area contributed by atoms with Crippen molar-refractivity contribution in [1.82, 2.24) is 0 Å². The fraction of sp³-hybridized carbons (Fsp3) is 0.568. The molecule has 5 aliphatic heterocycles. The molecule has 5 heterocycles. The van der Waals surface area contributed by atoms with Gasteiger partial charge in [-0.15, -0.1) is 6.58 Å². The molecule has 22 atom stereocenters. The van der Waals surface area contributed by atoms with E-state index >= 15 is 9.59 Å². The molecule has 4 aromatic rings. The number of hydrogen-bond donors (Lipinski definition) is 5. The third kappa shape index (κ3) is 21.3. The number of aliphatic hydroxyl groups excluding tert-OH is 5. The lowest BCUT2D eigenvalue weighted by molar-refractivity contribution is -0.404. The summed E-state index contributed by atoms with van der Waals surface area (Å²) >= 11 is 0. The highest BCUT2D eigenvalue weighted by Gasteiger charge is 2.67. The van der Waals surface area contributed by atoms with Crippen molar-refractivity contribution in [3.63, 3.8) is 0 Å². The van der Waals surface area contributed by atoms with Crippen LogP contribution in [0.2, 0.25) is 0 Å². The van der Waals surface area contributed by atoms with Crippen molar-refractivity contribution in [3.05, 3.63) is 156 Å². The van der Waals surface area contributed by atoms with Gasteiger partial charge in [-0.25, -0.2) is 9.59 Å². The molecule has 576 valence electrons. The Bertz CT molecular complexity index is 3430. The topological polar surface area (TPSA) is 388 Å². The lowest BCUT2D eigenvalue weighted by atomic mass is 9.89. The van der Waals surface area contributed by atoms with E-state index in [9.17, 15) is 44.7 Å². The lowest BCUT2D eigenvalue weighted by Crippen LogP contribution is -2.71. The van der Waals surface area contributed by atoms with Gasteiger partial charge < -0.3 is 120 Å². The van der Waals surface area contributed by atoms with E-state index in [0.29, 0.717) is 11.1 Å². The molecule has 0 aromatic heterocycles. The number of benzene rings is 4. The van der Waals surface area contributed by atoms with E-state index in [1.165, 1.54) is 6.08 Å². The molecule has 4 aromatic carbocycles. The fourth-order valence-corrected chi connectivity index (χ4v) is 13.1. The van der Waals surface area contributed by atoms with Gasteiger partial charge in [0.25, 0.3) is 11.6 Å². The van der Waals surface area contributed by atoms with Gasteiger partial charge >= 0.3 is 35.8 Å². The molecule has 31 heteroatoms. The van der Waals surface area contributed by atoms with Crippen molar-refractivity contribution in [3.8, 4) is 0 Å². The summed E-state index contributed by atoms with van der Waals surface area (Å²) in [5.41, 5.74) is 2.85. The number of aliphatic hydroxyl groups is 5. The number of rotatable bonds is 35. The van der Waals surface area contributed by atoms with Gasteiger partial charge in [-0.05, 0) is 36.1 Å². The van der Waals surface area contributed by atoms with Crippen LogP contribution >= 0.6 is 0 Å². The van der Waals surface area contributed by atoms with Gasteiger partial charge in [0, 0.05) is 40.5 Å². The quantitative estimate of drug-likeness (QED) is 0.0251. The van der Waals surface area contributed by atoms with Crippen LogP contribution in [0.15, 0.2) is 134 Å². The molecule has 5 aliphatic rings. The van der Waals surface area contributed by atoms with Crippen molar-refractivity contribution in [1.29, 1.82) is 0 Å². The maximum absolute atomic E-state index is 15.6. The number of hydrogen-bond acceptors (Lipinski definition) is 31. The SMILES string of the molecule is C=CCO[C@]1(C(=O)OC)C[C@@H](O[C@]2(C(=O)OC)C[C@H]3OC(C)(C)O[C@H]3[C@@H]([C@@H](COCc3ccccc3)OCc3ccccc3)O2)[C@@H](O[C@H]2O[C@H]([C@H](COC(C)=O)OC(C)=O)[C@@H](O[C@H]3O[C@H]([C@@H](O)CO)[C@@H](O)[C@H](O)[C@@H]3O)[C@H](OC(C)=O)[C@@H]2OC(C)=O)[C@@H]([C@@H](COCc2ccccc2)OCc2ccccc2)O1. The Morgan fingerprint density at radius 2 is 1.03 bits per heavy atom. The highest BCUT2D eigenvalue weighted by Crippen LogP contribution is 2.48. The Labute approximate surface area is 606 Å². The van der Waals surface area contributed by atoms with Crippen molar-refractivity contribution in [2.45, 2.75) is 221 Å². The van der Waals surface area contributed by atoms with Crippen LogP contribution in [0.1, 0.15) is 76.6 Å². The maximum atomic E-state index is 15.6. The van der Waals surface area contributed by atoms with Crippen LogP contribution in [0.3, 0.4) is 0 Å². The standard InChI is InChI=1S/C74H94O31/c1-10-31-93-73(70(84)86-8)32-51(102-74(71(85)87-9)33-52-62(103-72(6,7)101-52)64(105-74)54(92-38-49-29-21-14-22-30-49)40-89-36-47-25-17-12-18-26-47)60(63(104-73)53(91-37-48-27-19-13-20-28-48)39-88-35-46-23-15-11-16-24-46)98-69-67(96-45(5)79)66(95-44(4)78)65(61(99-69)55(94-43(3)77)41-90-42(2)76)100-68-58(83)56(81)57(82)59(97-68)50(80)34-75/h10-30,50-69,75,80-83H,1,31-41H2,2-9H3/t50-,51+,52+,53+,54+,55-,56-,57-,58-,59+,60+,61+,62+,63+,64+,65+,66-,67-,68+,69-,73+,74+/m0/s1. The van der Waals surface area contributed by atoms with Gasteiger partial charge in [-0.1, -0.05) is 127 Å². The summed E-state index contributed by atoms with van der Waals surface area (Å²) in [5.74, 6) is -13.3. The van der Waals surface area contributed by atoms with Gasteiger partial charge in [-0.3, -0.25) is 19.2 Å². The number of carbonyl (C=O) groups excluding carboxylic acids is 6. The number of ether oxygens (including phenoxy) is 20. The summed E-state index contributed by atoms with van der Waals surface area (Å²) in [4.78, 5) is 84.6. The molecule has 0 saturated carbocycles. The minimum atomic E-state index is -2.73. The average molecular weight is 1480 g/mol. The first kappa shape index (κ1) is 81.8. The Kier molecular flexibility index (Phi) is 29.6. The molecule has 0 spiro atoms. The second-order valence-electron chi connectivity index (χ2n) is 26.1. The summed E-state index contributed by atoms with van der Waals surface area (Å²) in [6.45, 7) is 7.80. The Balaban J connectivity index is 1.26. The molecule has 0 amide bonds. The summed E-state index contributed by atoms with van der Waals surface area (Å²) in [5, 5.41) is 54.7. The van der Waals surface area contributed by atoms with Crippen molar-refractivity contribution in [2.24, 2.45) is 0 Å². The van der Waals surface area contributed by atoms with Crippen molar-refractivity contribution >= 4 is 35.8 Å². The Hall–Kier alpha value is -7.32. The minimum absolute atomic E-state index is 0.0254. The molecule has 0 aliphatic carbocycles. The van der Waals surface area contributed by atoms with Crippen molar-refractivity contribution in [2.75, 3.05) is 47.3 Å². The molecule has 0 bridgehead atoms. The molecule has 0 unspecified atom stereocenters. The zero-order valence-corrected chi connectivity index (χ0v) is 59.5. The van der Waals surface area contributed by atoms with Gasteiger partial charge in [0.15, 0.2) is 36.7 Å². The largest absolute Gasteiger partial charge is 0.465 e. The summed E-state index contributed by atoms with van der Waals surface area (Å²) in [6, 6.07) is 36.3. The number of fused-ring (bicyclic) bond motifs is 1. The average Bonchev–Trinajstić information content (AvgIpc) is 1.59. The predicted octanol–water partition coefficient (Wildman–Crippen LogP) is 3.03. The third-order valence-electron chi connectivity index (χ3n) is 17.8. The zero-order chi connectivity index (χ0) is 75.6. The van der Waals surface area contributed by atoms with Crippen LogP contribution in [-0.2, 0) is 150 Å². The van der Waals surface area contributed by atoms with E-state index in [2.05, 4.69) is 6.58 Å². The van der Waals surface area contributed by atoms with E-state index in [1.54, 1.807) is 68.4 Å². The molecule has 0 radical (unpaired) electrons. The second kappa shape index (κ2) is 38.0. The maximum Gasteiger partial charge on any atom is 0.366 e. The van der Waals surface area contributed by atoms with Gasteiger partial charge in [-0.2, -0.15) is 0 Å². The molecule has 9 rings (SSSR count). The molecular weight excluding hydrogens is 1380 g/mol. The van der Waals surface area contributed by atoms with E-state index in [4.69, 9.17) is 94.7 Å². The molecule has 105 heavy (non-hydrogen) atoms. The highest BCUT2D eigenvalue weighted by molar-refractivity contribution is 5.79. The molecule has 5 N–H and O–H groups in total. The van der Waals surface area contributed by atoms with E-state index in [0.717, 1.165) is 53.0 Å². The summed E-state index contributed by atoms with van der Waals surface area (Å²) in [6.07, 6.45) is -37.4. The molecule has 5 saturated heterocycles. The van der Waals surface area contributed by atoms with Crippen molar-refractivity contribution < 1.29 is 149 Å². The Morgan fingerprint density at radius 1 is 0.533 bits per heavy atom. The van der Waals surface area contributed by atoms with Crippen LogP contribution in [0.4, 0.5) is 0 Å². The van der Waals surface area contributed by atoms with Crippen LogP contribution in [0, 0.1) is 0 Å². The highest BCUT2D eigenvalue weighted by atomic mass is 16.8. The van der Waals surface area contributed by atoms with Crippen LogP contribution in [0.25, 0.3) is 0 Å². The van der Waals surface area contributed by atoms with E-state index in [1.807, 2.05) is 66.7 Å². The molecular formula is C74H94O31. The Morgan fingerprint density at radius 3 is 1.53 bits per heavy atom. The van der Waals surface area contributed by atoms with Gasteiger partial charge in [0.1, 0.15) is 86.0 Å². The number of methoxy groups -OCH3 is 2. The van der Waals surface area contributed by atoms with Gasteiger partial charge in [0.05, 0.1) is 79.3 Å². The van der Waals surface area contributed by atoms with E-state index in [-0.39, 0.29) is 33.0 Å². The number of esters is 6. The lowest BCUT2D eigenvalue weighted by Gasteiger charge is -2.53. The third-order valence-corrected chi connectivity index (χ3v) is 17.8. The van der Waals surface area contributed by atoms with E-state index < -0.39 is 215 Å². The smallest absolute Gasteiger partial charge is 0.366 e. The van der Waals surface area contributed by atoms with Crippen LogP contribution in [-0.4, -0.2) is 248 Å². The normalized spacial score (nSPS) is 31.1. The molecule has 5 fully saturated rings. The van der Waals surface area contributed by atoms with Crippen LogP contribution in [0.5, 0.6) is 0 Å². The summed E-state index contributed by atoms with van der Waals surface area (Å²) in [7, 11) is 2.13. The minimum Gasteiger partial charge on any atom is -0.465 e. The molecule has 31 nitrogen and oxygen atoms in total. The second-order valence-corrected chi connectivity index (χ2v) is 26.1. The monoisotopic (exact) mass is 1480 g/mol. The zero-order valence-electron chi connectivity index (χ0n) is 59.5. The first-order valence-corrected chi connectivity index (χ1v) is 34.3. The van der Waals surface area contributed by atoms with Crippen LogP contribution < -0.4 is 0 Å².